The summed E-state index contributed by atoms with van der Waals surface area (Å²) in [6.45, 7) is 5.53. The van der Waals surface area contributed by atoms with Gasteiger partial charge in [0.05, 0.1) is 35.2 Å². The van der Waals surface area contributed by atoms with Crippen LogP contribution in [0.5, 0.6) is 0 Å². The third-order valence-corrected chi connectivity index (χ3v) is 7.28. The van der Waals surface area contributed by atoms with E-state index in [2.05, 4.69) is 36.5 Å². The lowest BCUT2D eigenvalue weighted by molar-refractivity contribution is 0.0730. The molecule has 1 aliphatic heterocycles. The van der Waals surface area contributed by atoms with Gasteiger partial charge in [-0.15, -0.1) is 0 Å². The van der Waals surface area contributed by atoms with Gasteiger partial charge in [-0.25, -0.2) is 13.4 Å². The third kappa shape index (κ3) is 5.46. The minimum atomic E-state index is -3.53. The molecule has 0 amide bonds. The average Bonchev–Trinajstić information content (AvgIpc) is 2.75. The molecule has 0 aliphatic carbocycles. The van der Waals surface area contributed by atoms with Crippen LogP contribution in [0.2, 0.25) is 0 Å². The number of aliphatic hydroxyl groups is 1. The van der Waals surface area contributed by atoms with Gasteiger partial charge < -0.3 is 20.5 Å². The predicted octanol–water partition coefficient (Wildman–Crippen LogP) is 2.43. The molecule has 3 rings (SSSR count). The van der Waals surface area contributed by atoms with Crippen molar-refractivity contribution < 1.29 is 18.3 Å². The smallest absolute Gasteiger partial charge is 0.243 e. The van der Waals surface area contributed by atoms with Gasteiger partial charge >= 0.3 is 0 Å². The molecule has 0 saturated carbocycles. The fourth-order valence-electron chi connectivity index (χ4n) is 2.90. The number of halogens is 1. The largest absolute Gasteiger partial charge is 0.394 e. The van der Waals surface area contributed by atoms with Gasteiger partial charge in [0.2, 0.25) is 16.0 Å². The Labute approximate surface area is 185 Å². The highest BCUT2D eigenvalue weighted by Gasteiger charge is 2.26. The molecule has 1 fully saturated rings. The molecule has 3 N–H and O–H groups in total. The Hall–Kier alpha value is -1.79. The first-order valence-corrected chi connectivity index (χ1v) is 11.9. The Morgan fingerprint density at radius 1 is 1.23 bits per heavy atom. The fraction of sp³-hybridized carbons (Fsp3) is 0.474. The van der Waals surface area contributed by atoms with E-state index in [1.165, 1.54) is 4.31 Å². The lowest BCUT2D eigenvalue weighted by Crippen LogP contribution is -2.40. The molecule has 0 radical (unpaired) electrons. The Kier molecular flexibility index (Phi) is 7.64. The monoisotopic (exact) mass is 499 g/mol. The van der Waals surface area contributed by atoms with E-state index in [-0.39, 0.29) is 23.5 Å². The number of ether oxygens (including phenoxy) is 1. The van der Waals surface area contributed by atoms with Crippen LogP contribution >= 0.6 is 15.9 Å². The van der Waals surface area contributed by atoms with E-state index >= 15 is 0 Å². The SMILES string of the molecule is CC(C)C(CO)Nc1nc(Nc2ccc(S(=O)(=O)N3CCOCC3)cc2)ncc1Br. The summed E-state index contributed by atoms with van der Waals surface area (Å²) in [7, 11) is -3.53. The van der Waals surface area contributed by atoms with Crippen LogP contribution in [0.4, 0.5) is 17.5 Å². The van der Waals surface area contributed by atoms with Crippen LogP contribution in [0, 0.1) is 5.92 Å². The van der Waals surface area contributed by atoms with Gasteiger partial charge in [-0.1, -0.05) is 13.8 Å². The molecule has 1 atom stereocenters. The van der Waals surface area contributed by atoms with Crippen LogP contribution in [0.3, 0.4) is 0 Å². The van der Waals surface area contributed by atoms with Crippen LogP contribution in [0.25, 0.3) is 0 Å². The van der Waals surface area contributed by atoms with Gasteiger partial charge in [0.25, 0.3) is 0 Å². The first-order valence-electron chi connectivity index (χ1n) is 9.66. The molecule has 2 aromatic rings. The van der Waals surface area contributed by atoms with Crippen molar-refractivity contribution in [2.75, 3.05) is 43.5 Å². The van der Waals surface area contributed by atoms with E-state index in [9.17, 15) is 13.5 Å². The molecule has 0 spiro atoms. The lowest BCUT2D eigenvalue weighted by atomic mass is 10.1. The van der Waals surface area contributed by atoms with E-state index < -0.39 is 10.0 Å². The molecule has 11 heteroatoms. The van der Waals surface area contributed by atoms with Crippen LogP contribution in [0.1, 0.15) is 13.8 Å². The standard InChI is InChI=1S/C19H26BrN5O4S/c1-13(2)17(12-26)23-18-16(20)11-21-19(24-18)22-14-3-5-15(6-4-14)30(27,28)25-7-9-29-10-8-25/h3-6,11,13,17,26H,7-10,12H2,1-2H3,(H2,21,22,23,24). The van der Waals surface area contributed by atoms with Crippen molar-refractivity contribution in [1.82, 2.24) is 14.3 Å². The third-order valence-electron chi connectivity index (χ3n) is 4.79. The Morgan fingerprint density at radius 2 is 1.90 bits per heavy atom. The molecule has 0 bridgehead atoms. The molecule has 1 unspecified atom stereocenters. The van der Waals surface area contributed by atoms with Gasteiger partial charge in [0.15, 0.2) is 0 Å². The van der Waals surface area contributed by atoms with E-state index in [1.54, 1.807) is 30.5 Å². The second kappa shape index (κ2) is 10.0. The number of nitrogens with one attached hydrogen (secondary N) is 2. The maximum Gasteiger partial charge on any atom is 0.243 e. The number of hydrogen-bond donors (Lipinski definition) is 3. The van der Waals surface area contributed by atoms with Gasteiger partial charge in [0.1, 0.15) is 5.82 Å². The zero-order valence-corrected chi connectivity index (χ0v) is 19.3. The number of hydrogen-bond acceptors (Lipinski definition) is 8. The van der Waals surface area contributed by atoms with Crippen molar-refractivity contribution in [2.45, 2.75) is 24.8 Å². The van der Waals surface area contributed by atoms with Crippen LogP contribution in [0.15, 0.2) is 39.8 Å². The minimum absolute atomic E-state index is 0.0179. The van der Waals surface area contributed by atoms with Crippen molar-refractivity contribution >= 4 is 43.4 Å². The zero-order valence-electron chi connectivity index (χ0n) is 16.9. The van der Waals surface area contributed by atoms with Crippen LogP contribution < -0.4 is 10.6 Å². The summed E-state index contributed by atoms with van der Waals surface area (Å²) in [5, 5.41) is 15.8. The normalized spacial score (nSPS) is 16.4. The summed E-state index contributed by atoms with van der Waals surface area (Å²) < 4.78 is 32.8. The highest BCUT2D eigenvalue weighted by atomic mass is 79.9. The molecule has 164 valence electrons. The summed E-state index contributed by atoms with van der Waals surface area (Å²) in [6, 6.07) is 6.33. The van der Waals surface area contributed by atoms with Gasteiger partial charge in [-0.3, -0.25) is 0 Å². The highest BCUT2D eigenvalue weighted by molar-refractivity contribution is 9.10. The Bertz CT molecular complexity index is 950. The fourth-order valence-corrected chi connectivity index (χ4v) is 4.62. The van der Waals surface area contributed by atoms with Crippen molar-refractivity contribution in [2.24, 2.45) is 5.92 Å². The Balaban J connectivity index is 1.73. The topological polar surface area (TPSA) is 117 Å². The second-order valence-corrected chi connectivity index (χ2v) is 10.0. The number of aromatic nitrogens is 2. The molecule has 1 saturated heterocycles. The Morgan fingerprint density at radius 3 is 2.50 bits per heavy atom. The molecular weight excluding hydrogens is 474 g/mol. The van der Waals surface area contributed by atoms with Crippen molar-refractivity contribution in [3.8, 4) is 0 Å². The first kappa shape index (κ1) is 22.9. The summed E-state index contributed by atoms with van der Waals surface area (Å²) in [6.07, 6.45) is 1.61. The van der Waals surface area contributed by atoms with E-state index in [0.717, 1.165) is 0 Å². The molecule has 9 nitrogen and oxygen atoms in total. The van der Waals surface area contributed by atoms with Crippen LogP contribution in [-0.4, -0.2) is 66.7 Å². The van der Waals surface area contributed by atoms with E-state index in [1.807, 2.05) is 13.8 Å². The second-order valence-electron chi connectivity index (χ2n) is 7.23. The van der Waals surface area contributed by atoms with Crippen molar-refractivity contribution in [1.29, 1.82) is 0 Å². The number of morpholine rings is 1. The quantitative estimate of drug-likeness (QED) is 0.506. The zero-order chi connectivity index (χ0) is 21.7. The number of rotatable bonds is 8. The van der Waals surface area contributed by atoms with E-state index in [0.29, 0.717) is 48.2 Å². The lowest BCUT2D eigenvalue weighted by Gasteiger charge is -2.26. The molecular formula is C19H26BrN5O4S. The summed E-state index contributed by atoms with van der Waals surface area (Å²) in [4.78, 5) is 8.93. The molecule has 1 aliphatic rings. The number of anilines is 3. The number of sulfonamides is 1. The van der Waals surface area contributed by atoms with Crippen molar-refractivity contribution in [3.63, 3.8) is 0 Å². The molecule has 1 aromatic heterocycles. The summed E-state index contributed by atoms with van der Waals surface area (Å²) in [5.41, 5.74) is 0.659. The number of nitrogens with zero attached hydrogens (tertiary/aromatic N) is 3. The van der Waals surface area contributed by atoms with Crippen LogP contribution in [-0.2, 0) is 14.8 Å². The molecule has 1 aromatic carbocycles. The molecule has 2 heterocycles. The van der Waals surface area contributed by atoms with Gasteiger partial charge in [-0.05, 0) is 46.1 Å². The summed E-state index contributed by atoms with van der Waals surface area (Å²) >= 11 is 3.41. The molecule has 30 heavy (non-hydrogen) atoms. The van der Waals surface area contributed by atoms with Gasteiger partial charge in [-0.2, -0.15) is 9.29 Å². The number of aliphatic hydroxyl groups excluding tert-OH is 1. The minimum Gasteiger partial charge on any atom is -0.394 e. The predicted molar refractivity (Wildman–Crippen MR) is 118 cm³/mol. The van der Waals surface area contributed by atoms with E-state index in [4.69, 9.17) is 4.74 Å². The van der Waals surface area contributed by atoms with Crippen molar-refractivity contribution in [3.05, 3.63) is 34.9 Å². The summed E-state index contributed by atoms with van der Waals surface area (Å²) in [5.74, 6) is 1.13. The van der Waals surface area contributed by atoms with Gasteiger partial charge in [0, 0.05) is 25.0 Å². The maximum absolute atomic E-state index is 12.7. The maximum atomic E-state index is 12.7. The average molecular weight is 500 g/mol. The number of benzene rings is 1. The highest BCUT2D eigenvalue weighted by Crippen LogP contribution is 2.25. The first-order chi connectivity index (χ1) is 14.3.